The highest BCUT2D eigenvalue weighted by Crippen LogP contribution is 2.33. The summed E-state index contributed by atoms with van der Waals surface area (Å²) in [6, 6.07) is 16.3. The van der Waals surface area contributed by atoms with Crippen molar-refractivity contribution in [2.45, 2.75) is 13.5 Å². The fraction of sp³-hybridized carbons (Fsp3) is 0.0952. The molecule has 0 unspecified atom stereocenters. The highest BCUT2D eigenvalue weighted by molar-refractivity contribution is 9.10. The molecule has 0 saturated carbocycles. The Balaban J connectivity index is 2.06. The maximum absolute atomic E-state index is 13.7. The van der Waals surface area contributed by atoms with Crippen LogP contribution in [0.15, 0.2) is 59.1 Å². The highest BCUT2D eigenvalue weighted by atomic mass is 79.9. The summed E-state index contributed by atoms with van der Waals surface area (Å²) in [7, 11) is 0. The second-order valence-corrected chi connectivity index (χ2v) is 7.26. The van der Waals surface area contributed by atoms with Gasteiger partial charge in [-0.2, -0.15) is 0 Å². The molecule has 0 bridgehead atoms. The van der Waals surface area contributed by atoms with Crippen molar-refractivity contribution in [3.05, 3.63) is 81.6 Å². The summed E-state index contributed by atoms with van der Waals surface area (Å²) in [6.45, 7) is 2.50. The number of carbonyl (C=O) groups excluding carboxylic acids is 1. The van der Waals surface area contributed by atoms with E-state index in [0.717, 1.165) is 37.4 Å². The lowest BCUT2D eigenvalue weighted by atomic mass is 10.1. The van der Waals surface area contributed by atoms with Gasteiger partial charge in [-0.25, -0.2) is 4.39 Å². The van der Waals surface area contributed by atoms with E-state index < -0.39 is 5.91 Å². The van der Waals surface area contributed by atoms with E-state index in [9.17, 15) is 9.18 Å². The third-order valence-electron chi connectivity index (χ3n) is 4.65. The minimum Gasteiger partial charge on any atom is -0.366 e. The molecule has 0 atom stereocenters. The topological polar surface area (TPSA) is 48.0 Å². The molecule has 4 rings (SSSR count). The third kappa shape index (κ3) is 2.69. The van der Waals surface area contributed by atoms with Gasteiger partial charge in [0, 0.05) is 32.9 Å². The van der Waals surface area contributed by atoms with Gasteiger partial charge in [-0.1, -0.05) is 34.1 Å². The van der Waals surface area contributed by atoms with E-state index >= 15 is 0 Å². The summed E-state index contributed by atoms with van der Waals surface area (Å²) >= 11 is 3.50. The van der Waals surface area contributed by atoms with Crippen LogP contribution in [0.4, 0.5) is 4.39 Å². The van der Waals surface area contributed by atoms with Crippen LogP contribution >= 0.6 is 15.9 Å². The summed E-state index contributed by atoms with van der Waals surface area (Å²) in [4.78, 5) is 11.9. The number of nitrogens with two attached hydrogens (primary N) is 1. The Bertz CT molecular complexity index is 1180. The summed E-state index contributed by atoms with van der Waals surface area (Å²) in [6.07, 6.45) is 0. The Morgan fingerprint density at radius 1 is 1.12 bits per heavy atom. The van der Waals surface area contributed by atoms with Gasteiger partial charge in [0.15, 0.2) is 0 Å². The van der Waals surface area contributed by atoms with Gasteiger partial charge in [0.05, 0.1) is 5.52 Å². The molecule has 5 heteroatoms. The van der Waals surface area contributed by atoms with Crippen LogP contribution in [0.2, 0.25) is 0 Å². The summed E-state index contributed by atoms with van der Waals surface area (Å²) < 4.78 is 16.7. The lowest BCUT2D eigenvalue weighted by molar-refractivity contribution is 0.100. The predicted octanol–water partition coefficient (Wildman–Crippen LogP) is 5.15. The van der Waals surface area contributed by atoms with Crippen molar-refractivity contribution >= 4 is 43.6 Å². The lowest BCUT2D eigenvalue weighted by Crippen LogP contribution is -2.11. The number of primary amides is 1. The molecule has 1 amide bonds. The number of aryl methyl sites for hydroxylation is 1. The van der Waals surface area contributed by atoms with Crippen molar-refractivity contribution in [3.63, 3.8) is 0 Å². The average Bonchev–Trinajstić information content (AvgIpc) is 2.91. The number of aromatic nitrogens is 1. The Hall–Kier alpha value is -2.66. The molecule has 2 N–H and O–H groups in total. The molecular weight excluding hydrogens is 395 g/mol. The maximum atomic E-state index is 13.7. The van der Waals surface area contributed by atoms with Crippen molar-refractivity contribution in [2.75, 3.05) is 0 Å². The van der Waals surface area contributed by atoms with Gasteiger partial charge in [-0.15, -0.1) is 0 Å². The molecule has 0 radical (unpaired) electrons. The number of amides is 1. The van der Waals surface area contributed by atoms with E-state index in [1.54, 1.807) is 12.1 Å². The van der Waals surface area contributed by atoms with Crippen LogP contribution in [-0.2, 0) is 6.54 Å². The number of nitrogens with zero attached hydrogens (tertiary/aromatic N) is 1. The number of rotatable bonds is 3. The van der Waals surface area contributed by atoms with Crippen LogP contribution in [0.25, 0.3) is 21.8 Å². The molecule has 26 heavy (non-hydrogen) atoms. The van der Waals surface area contributed by atoms with Gasteiger partial charge < -0.3 is 10.3 Å². The van der Waals surface area contributed by atoms with E-state index in [1.165, 1.54) is 12.1 Å². The zero-order valence-electron chi connectivity index (χ0n) is 14.1. The first kappa shape index (κ1) is 16.8. The lowest BCUT2D eigenvalue weighted by Gasteiger charge is -2.10. The zero-order chi connectivity index (χ0) is 18.4. The van der Waals surface area contributed by atoms with Gasteiger partial charge in [0.1, 0.15) is 5.82 Å². The average molecular weight is 411 g/mol. The molecule has 1 heterocycles. The van der Waals surface area contributed by atoms with E-state index in [0.29, 0.717) is 12.1 Å². The smallest absolute Gasteiger partial charge is 0.249 e. The van der Waals surface area contributed by atoms with E-state index in [2.05, 4.69) is 26.6 Å². The van der Waals surface area contributed by atoms with Crippen molar-refractivity contribution in [3.8, 4) is 0 Å². The molecule has 0 aliphatic heterocycles. The first-order valence-electron chi connectivity index (χ1n) is 8.21. The summed E-state index contributed by atoms with van der Waals surface area (Å²) in [5.74, 6) is -0.736. The Labute approximate surface area is 158 Å². The highest BCUT2D eigenvalue weighted by Gasteiger charge is 2.17. The number of carbonyl (C=O) groups is 1. The largest absolute Gasteiger partial charge is 0.366 e. The fourth-order valence-corrected chi connectivity index (χ4v) is 3.84. The van der Waals surface area contributed by atoms with Crippen LogP contribution in [0.1, 0.15) is 21.5 Å². The fourth-order valence-electron chi connectivity index (χ4n) is 3.46. The van der Waals surface area contributed by atoms with Gasteiger partial charge >= 0.3 is 0 Å². The van der Waals surface area contributed by atoms with Crippen LogP contribution in [0, 0.1) is 12.7 Å². The van der Waals surface area contributed by atoms with E-state index in [4.69, 9.17) is 5.73 Å². The summed E-state index contributed by atoms with van der Waals surface area (Å²) in [5, 5.41) is 1.80. The number of hydrogen-bond acceptors (Lipinski definition) is 1. The molecule has 0 aliphatic carbocycles. The molecule has 3 aromatic carbocycles. The quantitative estimate of drug-likeness (QED) is 0.498. The molecule has 0 fully saturated rings. The number of hydrogen-bond donors (Lipinski definition) is 1. The van der Waals surface area contributed by atoms with Gasteiger partial charge in [0.25, 0.3) is 0 Å². The standard InChI is InChI=1S/C21H16BrFN2O/c1-12-5-7-15-19(9-12)25(11-13-10-14(23)6-8-17(13)22)18-4-2-3-16(20(15)18)21(24)26/h2-10H,11H2,1H3,(H2,24,26). The Morgan fingerprint density at radius 3 is 2.69 bits per heavy atom. The molecule has 3 nitrogen and oxygen atoms in total. The summed E-state index contributed by atoms with van der Waals surface area (Å²) in [5.41, 5.74) is 9.93. The first-order chi connectivity index (χ1) is 12.5. The number of halogens is 2. The third-order valence-corrected chi connectivity index (χ3v) is 5.42. The van der Waals surface area contributed by atoms with Crippen LogP contribution in [-0.4, -0.2) is 10.5 Å². The number of benzene rings is 3. The predicted molar refractivity (Wildman–Crippen MR) is 106 cm³/mol. The van der Waals surface area contributed by atoms with E-state index in [-0.39, 0.29) is 5.82 Å². The second kappa shape index (κ2) is 6.25. The van der Waals surface area contributed by atoms with Crippen LogP contribution in [0.5, 0.6) is 0 Å². The van der Waals surface area contributed by atoms with E-state index in [1.807, 2.05) is 31.2 Å². The zero-order valence-corrected chi connectivity index (χ0v) is 15.7. The molecule has 0 spiro atoms. The van der Waals surface area contributed by atoms with Gasteiger partial charge in [-0.3, -0.25) is 4.79 Å². The van der Waals surface area contributed by atoms with Crippen molar-refractivity contribution in [1.82, 2.24) is 4.57 Å². The number of fused-ring (bicyclic) bond motifs is 3. The van der Waals surface area contributed by atoms with Crippen LogP contribution < -0.4 is 5.73 Å². The van der Waals surface area contributed by atoms with Gasteiger partial charge in [0.2, 0.25) is 5.91 Å². The van der Waals surface area contributed by atoms with Crippen molar-refractivity contribution in [2.24, 2.45) is 5.73 Å². The monoisotopic (exact) mass is 410 g/mol. The normalized spacial score (nSPS) is 11.3. The molecular formula is C21H16BrFN2O. The second-order valence-electron chi connectivity index (χ2n) is 6.41. The SMILES string of the molecule is Cc1ccc2c3c(C(N)=O)cccc3n(Cc3cc(F)ccc3Br)c2c1. The first-order valence-corrected chi connectivity index (χ1v) is 9.00. The maximum Gasteiger partial charge on any atom is 0.249 e. The molecule has 4 aromatic rings. The van der Waals surface area contributed by atoms with Crippen LogP contribution in [0.3, 0.4) is 0 Å². The van der Waals surface area contributed by atoms with Gasteiger partial charge in [-0.05, 0) is 54.4 Å². The minimum absolute atomic E-state index is 0.280. The Morgan fingerprint density at radius 2 is 1.92 bits per heavy atom. The Kier molecular flexibility index (Phi) is 4.04. The molecule has 130 valence electrons. The molecule has 0 saturated heterocycles. The molecule has 1 aromatic heterocycles. The van der Waals surface area contributed by atoms with Crippen molar-refractivity contribution in [1.29, 1.82) is 0 Å². The van der Waals surface area contributed by atoms with Crippen molar-refractivity contribution < 1.29 is 9.18 Å². The molecule has 0 aliphatic rings. The minimum atomic E-state index is -0.456.